The van der Waals surface area contributed by atoms with Crippen LogP contribution in [0.15, 0.2) is 36.5 Å². The molecule has 0 saturated carbocycles. The molecule has 1 fully saturated rings. The highest BCUT2D eigenvalue weighted by Gasteiger charge is 2.35. The smallest absolute Gasteiger partial charge is 0.410 e. The van der Waals surface area contributed by atoms with Gasteiger partial charge in [0.05, 0.1) is 12.1 Å². The van der Waals surface area contributed by atoms with Gasteiger partial charge in [0.2, 0.25) is 5.95 Å². The van der Waals surface area contributed by atoms with Crippen LogP contribution in [0.4, 0.5) is 32.3 Å². The van der Waals surface area contributed by atoms with Gasteiger partial charge in [0.25, 0.3) is 0 Å². The molecule has 180 valence electrons. The number of nitrogens with two attached hydrogens (primary N) is 1. The number of ether oxygens (including phenoxy) is 1. The molecule has 0 radical (unpaired) electrons. The molecular weight excluding hydrogens is 437 g/mol. The molecule has 0 spiro atoms. The van der Waals surface area contributed by atoms with E-state index in [1.807, 2.05) is 63.8 Å². The molecule has 3 N–H and O–H groups in total. The summed E-state index contributed by atoms with van der Waals surface area (Å²) in [6.07, 6.45) is 1.22. The lowest BCUT2D eigenvalue weighted by Crippen LogP contribution is -2.59. The maximum atomic E-state index is 13.6. The van der Waals surface area contributed by atoms with E-state index in [0.29, 0.717) is 30.1 Å². The first-order valence-electron chi connectivity index (χ1n) is 11.2. The number of piperazine rings is 1. The molecule has 10 heteroatoms. The Hall–Kier alpha value is -3.69. The number of pyridine rings is 1. The summed E-state index contributed by atoms with van der Waals surface area (Å²) in [5.74, 6) is -0.452. The van der Waals surface area contributed by atoms with Crippen LogP contribution in [0.2, 0.25) is 0 Å². The number of aromatic nitrogens is 3. The average molecular weight is 468 g/mol. The molecule has 1 amide bonds. The minimum atomic E-state index is -0.594. The van der Waals surface area contributed by atoms with E-state index in [1.165, 1.54) is 12.3 Å². The molecular formula is C24H30FN7O2. The van der Waals surface area contributed by atoms with Crippen molar-refractivity contribution in [1.82, 2.24) is 19.9 Å². The van der Waals surface area contributed by atoms with Crippen molar-refractivity contribution < 1.29 is 13.9 Å². The van der Waals surface area contributed by atoms with Crippen molar-refractivity contribution in [3.63, 3.8) is 0 Å². The van der Waals surface area contributed by atoms with Gasteiger partial charge < -0.3 is 20.7 Å². The molecule has 1 aliphatic heterocycles. The van der Waals surface area contributed by atoms with E-state index in [1.54, 1.807) is 0 Å². The molecule has 3 heterocycles. The zero-order valence-electron chi connectivity index (χ0n) is 20.0. The van der Waals surface area contributed by atoms with Crippen LogP contribution in [0.25, 0.3) is 11.0 Å². The summed E-state index contributed by atoms with van der Waals surface area (Å²) in [5, 5.41) is 3.61. The molecule has 34 heavy (non-hydrogen) atoms. The second-order valence-corrected chi connectivity index (χ2v) is 9.62. The largest absolute Gasteiger partial charge is 0.444 e. The SMILES string of the molecule is C[C@@H]1CN(c2ccc(Nc3ncc4cc(F)c(N)nc4n3)cc2)C[C@H](C)N1C(=O)OC(C)(C)C. The molecule has 0 unspecified atom stereocenters. The summed E-state index contributed by atoms with van der Waals surface area (Å²) in [6, 6.07) is 9.17. The van der Waals surface area contributed by atoms with Crippen molar-refractivity contribution in [2.75, 3.05) is 29.0 Å². The predicted octanol–water partition coefficient (Wildman–Crippen LogP) is 4.32. The topological polar surface area (TPSA) is 109 Å². The van der Waals surface area contributed by atoms with Crippen molar-refractivity contribution in [3.05, 3.63) is 42.3 Å². The Morgan fingerprint density at radius 3 is 2.41 bits per heavy atom. The van der Waals surface area contributed by atoms with Crippen LogP contribution in [0.3, 0.4) is 0 Å². The first-order chi connectivity index (χ1) is 16.0. The molecule has 2 atom stereocenters. The lowest BCUT2D eigenvalue weighted by molar-refractivity contribution is 0.00566. The van der Waals surface area contributed by atoms with Gasteiger partial charge in [-0.3, -0.25) is 4.90 Å². The van der Waals surface area contributed by atoms with Gasteiger partial charge >= 0.3 is 6.09 Å². The summed E-state index contributed by atoms with van der Waals surface area (Å²) in [4.78, 5) is 29.2. The molecule has 9 nitrogen and oxygen atoms in total. The number of fused-ring (bicyclic) bond motifs is 1. The monoisotopic (exact) mass is 467 g/mol. The van der Waals surface area contributed by atoms with Gasteiger partial charge in [-0.05, 0) is 65.0 Å². The maximum absolute atomic E-state index is 13.6. The minimum Gasteiger partial charge on any atom is -0.444 e. The quantitative estimate of drug-likeness (QED) is 0.586. The summed E-state index contributed by atoms with van der Waals surface area (Å²) in [5.41, 5.74) is 7.19. The van der Waals surface area contributed by atoms with E-state index in [4.69, 9.17) is 10.5 Å². The van der Waals surface area contributed by atoms with Crippen LogP contribution in [0.1, 0.15) is 34.6 Å². The highest BCUT2D eigenvalue weighted by molar-refractivity contribution is 5.77. The summed E-state index contributed by atoms with van der Waals surface area (Å²) in [6.45, 7) is 11.1. The Bertz CT molecular complexity index is 1180. The van der Waals surface area contributed by atoms with Crippen LogP contribution in [-0.2, 0) is 4.74 Å². The Labute approximate surface area is 198 Å². The van der Waals surface area contributed by atoms with Crippen LogP contribution >= 0.6 is 0 Å². The fraction of sp³-hybridized carbons (Fsp3) is 0.417. The van der Waals surface area contributed by atoms with Crippen molar-refractivity contribution in [2.24, 2.45) is 0 Å². The summed E-state index contributed by atoms with van der Waals surface area (Å²) in [7, 11) is 0. The van der Waals surface area contributed by atoms with E-state index in [2.05, 4.69) is 25.2 Å². The number of hydrogen-bond donors (Lipinski definition) is 2. The lowest BCUT2D eigenvalue weighted by atomic mass is 10.1. The Balaban J connectivity index is 1.43. The second-order valence-electron chi connectivity index (χ2n) is 9.62. The molecule has 0 bridgehead atoms. The second kappa shape index (κ2) is 8.92. The fourth-order valence-electron chi connectivity index (χ4n) is 4.10. The van der Waals surface area contributed by atoms with Gasteiger partial charge in [-0.2, -0.15) is 4.98 Å². The highest BCUT2D eigenvalue weighted by atomic mass is 19.1. The molecule has 1 aromatic carbocycles. The normalized spacial score (nSPS) is 18.8. The van der Waals surface area contributed by atoms with Crippen molar-refractivity contribution in [1.29, 1.82) is 0 Å². The van der Waals surface area contributed by atoms with E-state index < -0.39 is 11.4 Å². The lowest BCUT2D eigenvalue weighted by Gasteiger charge is -2.45. The van der Waals surface area contributed by atoms with E-state index >= 15 is 0 Å². The minimum absolute atomic E-state index is 0.00664. The van der Waals surface area contributed by atoms with Gasteiger partial charge in [-0.15, -0.1) is 0 Å². The number of hydrogen-bond acceptors (Lipinski definition) is 8. The molecule has 1 saturated heterocycles. The Morgan fingerprint density at radius 2 is 1.79 bits per heavy atom. The maximum Gasteiger partial charge on any atom is 0.410 e. The first-order valence-corrected chi connectivity index (χ1v) is 11.2. The number of carbonyl (C=O) groups is 1. The number of amides is 1. The number of nitrogen functional groups attached to an aromatic ring is 1. The van der Waals surface area contributed by atoms with Gasteiger partial charge in [0.1, 0.15) is 5.60 Å². The van der Waals surface area contributed by atoms with Crippen LogP contribution in [0, 0.1) is 5.82 Å². The number of halogens is 1. The third-order valence-corrected chi connectivity index (χ3v) is 5.56. The number of carbonyl (C=O) groups excluding carboxylic acids is 1. The molecule has 2 aromatic heterocycles. The van der Waals surface area contributed by atoms with E-state index in [9.17, 15) is 9.18 Å². The van der Waals surface area contributed by atoms with Crippen LogP contribution < -0.4 is 16.0 Å². The molecule has 1 aliphatic rings. The first kappa shape index (κ1) is 23.5. The van der Waals surface area contributed by atoms with Crippen molar-refractivity contribution >= 4 is 40.3 Å². The van der Waals surface area contributed by atoms with E-state index in [0.717, 1.165) is 11.4 Å². The van der Waals surface area contributed by atoms with Gasteiger partial charge in [0, 0.05) is 36.0 Å². The van der Waals surface area contributed by atoms with E-state index in [-0.39, 0.29) is 24.0 Å². The molecule has 0 aliphatic carbocycles. The Kier molecular flexibility index (Phi) is 6.16. The third kappa shape index (κ3) is 5.11. The third-order valence-electron chi connectivity index (χ3n) is 5.56. The predicted molar refractivity (Wildman–Crippen MR) is 131 cm³/mol. The highest BCUT2D eigenvalue weighted by Crippen LogP contribution is 2.26. The number of benzene rings is 1. The summed E-state index contributed by atoms with van der Waals surface area (Å²) >= 11 is 0. The number of rotatable bonds is 3. The number of nitrogens with zero attached hydrogens (tertiary/aromatic N) is 5. The van der Waals surface area contributed by atoms with Crippen LogP contribution in [0.5, 0.6) is 0 Å². The average Bonchev–Trinajstić information content (AvgIpc) is 2.73. The molecule has 3 aromatic rings. The van der Waals surface area contributed by atoms with Crippen molar-refractivity contribution in [2.45, 2.75) is 52.3 Å². The van der Waals surface area contributed by atoms with Crippen molar-refractivity contribution in [3.8, 4) is 0 Å². The van der Waals surface area contributed by atoms with Gasteiger partial charge in [-0.25, -0.2) is 19.2 Å². The number of nitrogens with one attached hydrogen (secondary N) is 1. The van der Waals surface area contributed by atoms with Gasteiger partial charge in [-0.1, -0.05) is 0 Å². The number of anilines is 4. The zero-order chi connectivity index (χ0) is 24.6. The standard InChI is InChI=1S/C24H30FN7O2/c1-14-12-31(13-15(2)32(14)23(33)34-24(3,4)5)18-8-6-17(7-9-18)28-22-27-11-16-10-19(25)20(26)29-21(16)30-22/h6-11,14-15H,12-13H2,1-5H3,(H3,26,27,28,29,30)/t14-,15+. The Morgan fingerprint density at radius 1 is 1.15 bits per heavy atom. The van der Waals surface area contributed by atoms with Crippen LogP contribution in [-0.4, -0.2) is 56.7 Å². The molecule has 4 rings (SSSR count). The van der Waals surface area contributed by atoms with Gasteiger partial charge in [0.15, 0.2) is 17.3 Å². The zero-order valence-corrected chi connectivity index (χ0v) is 20.0. The summed E-state index contributed by atoms with van der Waals surface area (Å²) < 4.78 is 19.2. The fourth-order valence-corrected chi connectivity index (χ4v) is 4.10.